The Kier molecular flexibility index (Phi) is 5.73. The van der Waals surface area contributed by atoms with Crippen LogP contribution in [0.3, 0.4) is 0 Å². The molecule has 0 spiro atoms. The molecule has 0 aliphatic rings. The smallest absolute Gasteiger partial charge is 0.248 e. The maximum atomic E-state index is 11.9. The van der Waals surface area contributed by atoms with Crippen molar-refractivity contribution in [1.29, 1.82) is 0 Å². The summed E-state index contributed by atoms with van der Waals surface area (Å²) in [5.41, 5.74) is 4.48. The minimum absolute atomic E-state index is 0. The number of nitrogens with zero attached hydrogens (tertiary/aromatic N) is 3. The van der Waals surface area contributed by atoms with Gasteiger partial charge in [0, 0.05) is 23.2 Å². The topological polar surface area (TPSA) is 59.4 Å². The van der Waals surface area contributed by atoms with E-state index in [2.05, 4.69) is 43.6 Å². The van der Waals surface area contributed by atoms with Crippen molar-refractivity contribution in [1.82, 2.24) is 14.4 Å². The van der Waals surface area contributed by atoms with E-state index in [4.69, 9.17) is 9.72 Å². The third-order valence-corrected chi connectivity index (χ3v) is 5.46. The second kappa shape index (κ2) is 7.79. The van der Waals surface area contributed by atoms with Gasteiger partial charge in [0.25, 0.3) is 0 Å². The van der Waals surface area contributed by atoms with E-state index in [1.807, 2.05) is 36.4 Å². The number of ether oxygens (including phenoxy) is 1. The van der Waals surface area contributed by atoms with E-state index in [1.54, 1.807) is 13.2 Å². The van der Waals surface area contributed by atoms with Crippen LogP contribution in [0.2, 0.25) is 0 Å². The summed E-state index contributed by atoms with van der Waals surface area (Å²) >= 11 is 0. The van der Waals surface area contributed by atoms with Crippen LogP contribution in [0.25, 0.3) is 27.8 Å². The summed E-state index contributed by atoms with van der Waals surface area (Å²) in [5.74, 6) is 0.640. The number of benzene rings is 1. The molecule has 0 aliphatic carbocycles. The molecule has 1 unspecified atom stereocenters. The average Bonchev–Trinajstić information content (AvgIpc) is 3.04. The molecule has 3 aromatic heterocycles. The van der Waals surface area contributed by atoms with Crippen molar-refractivity contribution in [3.05, 3.63) is 64.7 Å². The van der Waals surface area contributed by atoms with Crippen molar-refractivity contribution in [2.24, 2.45) is 0 Å². The van der Waals surface area contributed by atoms with Gasteiger partial charge < -0.3 is 38.2 Å². The molecule has 7 heteroatoms. The molecule has 152 valence electrons. The lowest BCUT2D eigenvalue weighted by atomic mass is 10.0. The Morgan fingerprint density at radius 3 is 2.55 bits per heavy atom. The monoisotopic (exact) mass is 504 g/mol. The van der Waals surface area contributed by atoms with Crippen LogP contribution in [0.4, 0.5) is 0 Å². The Labute approximate surface area is 186 Å². The van der Waals surface area contributed by atoms with E-state index in [1.165, 1.54) is 0 Å². The first-order chi connectivity index (χ1) is 13.3. The summed E-state index contributed by atoms with van der Waals surface area (Å²) in [7, 11) is 8.15. The van der Waals surface area contributed by atoms with Gasteiger partial charge in [0.2, 0.25) is 5.56 Å². The molecule has 1 atom stereocenters. The van der Waals surface area contributed by atoms with Gasteiger partial charge in [-0.2, -0.15) is 0 Å². The molecule has 3 heterocycles. The van der Waals surface area contributed by atoms with E-state index in [0.29, 0.717) is 11.3 Å². The lowest BCUT2D eigenvalue weighted by molar-refractivity contribution is -0.900. The van der Waals surface area contributed by atoms with Crippen molar-refractivity contribution in [3.63, 3.8) is 0 Å². The van der Waals surface area contributed by atoms with Crippen LogP contribution in [0, 0.1) is 0 Å². The van der Waals surface area contributed by atoms with Crippen molar-refractivity contribution >= 4 is 16.6 Å². The number of rotatable bonds is 4. The van der Waals surface area contributed by atoms with Gasteiger partial charge in [-0.25, -0.2) is 4.98 Å². The van der Waals surface area contributed by atoms with Gasteiger partial charge >= 0.3 is 0 Å². The van der Waals surface area contributed by atoms with Crippen LogP contribution >= 0.6 is 0 Å². The Bertz CT molecular complexity index is 1240. The molecule has 6 nitrogen and oxygen atoms in total. The minimum Gasteiger partial charge on any atom is -1.00 e. The normalized spacial score (nSPS) is 12.7. The molecule has 1 N–H and O–H groups in total. The highest BCUT2D eigenvalue weighted by Crippen LogP contribution is 2.38. The number of methoxy groups -OCH3 is 1. The third-order valence-electron chi connectivity index (χ3n) is 5.46. The number of halogens is 1. The zero-order valence-corrected chi connectivity index (χ0v) is 19.4. The maximum Gasteiger partial charge on any atom is 0.248 e. The zero-order valence-electron chi connectivity index (χ0n) is 17.2. The van der Waals surface area contributed by atoms with Gasteiger partial charge in [-0.05, 0) is 37.3 Å². The summed E-state index contributed by atoms with van der Waals surface area (Å²) < 4.78 is 8.39. The standard InChI is InChI=1S/C22H24N4O2.HI/c1-14(26(2,3)4)22-21(23-18-8-6-7-13-25(18)22)16-9-11-17(28-5)20-15(16)10-12-19(27)24-20;/h6-14H,1-5H3;1H. The SMILES string of the molecule is COc1ccc(-c2nc3ccccn3c2C(C)[N+](C)(C)C)c2ccc(=O)[nH]c12.[I-]. The molecule has 0 saturated heterocycles. The Morgan fingerprint density at radius 1 is 1.10 bits per heavy atom. The largest absolute Gasteiger partial charge is 1.00 e. The molecule has 4 rings (SSSR count). The molecule has 0 bridgehead atoms. The second-order valence-electron chi connectivity index (χ2n) is 7.99. The highest BCUT2D eigenvalue weighted by atomic mass is 127. The van der Waals surface area contributed by atoms with Gasteiger partial charge in [-0.1, -0.05) is 6.07 Å². The number of quaternary nitrogens is 1. The average molecular weight is 504 g/mol. The number of aromatic nitrogens is 3. The first-order valence-corrected chi connectivity index (χ1v) is 9.30. The van der Waals surface area contributed by atoms with Crippen molar-refractivity contribution in [2.75, 3.05) is 28.3 Å². The lowest BCUT2D eigenvalue weighted by Crippen LogP contribution is -3.00. The Morgan fingerprint density at radius 2 is 1.86 bits per heavy atom. The molecule has 0 aliphatic heterocycles. The summed E-state index contributed by atoms with van der Waals surface area (Å²) in [4.78, 5) is 19.8. The van der Waals surface area contributed by atoms with E-state index in [0.717, 1.165) is 32.5 Å². The summed E-state index contributed by atoms with van der Waals surface area (Å²) in [6.45, 7) is 2.22. The van der Waals surface area contributed by atoms with Crippen LogP contribution in [-0.2, 0) is 0 Å². The molecule has 0 saturated carbocycles. The van der Waals surface area contributed by atoms with E-state index >= 15 is 0 Å². The first-order valence-electron chi connectivity index (χ1n) is 9.30. The van der Waals surface area contributed by atoms with Gasteiger partial charge in [-0.15, -0.1) is 0 Å². The van der Waals surface area contributed by atoms with Crippen LogP contribution in [-0.4, -0.2) is 47.1 Å². The van der Waals surface area contributed by atoms with Gasteiger partial charge in [0.15, 0.2) is 0 Å². The van der Waals surface area contributed by atoms with Crippen LogP contribution in [0.1, 0.15) is 18.7 Å². The molecule has 0 fully saturated rings. The van der Waals surface area contributed by atoms with Crippen molar-refractivity contribution < 1.29 is 33.2 Å². The number of aromatic amines is 1. The molecule has 1 aromatic carbocycles. The van der Waals surface area contributed by atoms with Crippen molar-refractivity contribution in [2.45, 2.75) is 13.0 Å². The summed E-state index contributed by atoms with van der Waals surface area (Å²) in [5, 5.41) is 0.914. The predicted molar refractivity (Wildman–Crippen MR) is 112 cm³/mol. The molecule has 4 aromatic rings. The van der Waals surface area contributed by atoms with Gasteiger partial charge in [-0.3, -0.25) is 9.20 Å². The zero-order chi connectivity index (χ0) is 20.1. The van der Waals surface area contributed by atoms with Crippen LogP contribution in [0.5, 0.6) is 5.75 Å². The van der Waals surface area contributed by atoms with Gasteiger partial charge in [0.1, 0.15) is 23.1 Å². The number of H-pyrrole nitrogens is 1. The highest BCUT2D eigenvalue weighted by molar-refractivity contribution is 5.97. The number of nitrogens with one attached hydrogen (secondary N) is 1. The summed E-state index contributed by atoms with van der Waals surface area (Å²) in [6, 6.07) is 13.5. The first kappa shape index (κ1) is 21.3. The fourth-order valence-electron chi connectivity index (χ4n) is 3.58. The molecule has 0 amide bonds. The number of hydrogen-bond donors (Lipinski definition) is 1. The fourth-order valence-corrected chi connectivity index (χ4v) is 3.58. The minimum atomic E-state index is -0.155. The van der Waals surface area contributed by atoms with Crippen LogP contribution < -0.4 is 34.3 Å². The Balaban J connectivity index is 0.00000240. The highest BCUT2D eigenvalue weighted by Gasteiger charge is 2.29. The van der Waals surface area contributed by atoms with E-state index in [9.17, 15) is 4.79 Å². The number of pyridine rings is 2. The Hall–Kier alpha value is -2.39. The maximum absolute atomic E-state index is 11.9. The molecule has 29 heavy (non-hydrogen) atoms. The van der Waals surface area contributed by atoms with E-state index < -0.39 is 0 Å². The van der Waals surface area contributed by atoms with Crippen LogP contribution in [0.15, 0.2) is 53.5 Å². The lowest BCUT2D eigenvalue weighted by Gasteiger charge is -2.32. The van der Waals surface area contributed by atoms with E-state index in [-0.39, 0.29) is 35.6 Å². The second-order valence-corrected chi connectivity index (χ2v) is 7.99. The summed E-state index contributed by atoms with van der Waals surface area (Å²) in [6.07, 6.45) is 2.06. The predicted octanol–water partition coefficient (Wildman–Crippen LogP) is 0.623. The quantitative estimate of drug-likeness (QED) is 0.328. The fraction of sp³-hybridized carbons (Fsp3) is 0.273. The molecular formula is C22H25IN4O2. The van der Waals surface area contributed by atoms with Gasteiger partial charge in [0.05, 0.1) is 39.5 Å². The number of fused-ring (bicyclic) bond motifs is 2. The van der Waals surface area contributed by atoms with Crippen molar-refractivity contribution in [3.8, 4) is 17.0 Å². The number of hydrogen-bond acceptors (Lipinski definition) is 3. The molecule has 0 radical (unpaired) electrons. The molecular weight excluding hydrogens is 479 g/mol. The third kappa shape index (κ3) is 3.64. The number of imidazole rings is 1.